The summed E-state index contributed by atoms with van der Waals surface area (Å²) in [4.78, 5) is 19.2. The molecule has 0 aliphatic carbocycles. The van der Waals surface area contributed by atoms with E-state index in [1.165, 1.54) is 5.56 Å². The van der Waals surface area contributed by atoms with E-state index in [0.29, 0.717) is 6.42 Å². The first-order chi connectivity index (χ1) is 12.2. The molecule has 1 amide bonds. The SMILES string of the molecule is COc1ccc(-c2nc(CC(=O)N3CCc4ccccc43)cs2)cc1. The summed E-state index contributed by atoms with van der Waals surface area (Å²) in [5.74, 6) is 0.930. The van der Waals surface area contributed by atoms with Gasteiger partial charge in [0.2, 0.25) is 5.91 Å². The monoisotopic (exact) mass is 350 g/mol. The lowest BCUT2D eigenvalue weighted by atomic mass is 10.2. The Morgan fingerprint density at radius 3 is 2.80 bits per heavy atom. The van der Waals surface area contributed by atoms with Gasteiger partial charge < -0.3 is 9.64 Å². The van der Waals surface area contributed by atoms with Gasteiger partial charge in [0, 0.05) is 23.2 Å². The number of nitrogens with zero attached hydrogens (tertiary/aromatic N) is 2. The molecule has 2 aromatic carbocycles. The quantitative estimate of drug-likeness (QED) is 0.715. The standard InChI is InChI=1S/C20H18N2O2S/c1-24-17-8-6-15(7-9-17)20-21-16(13-25-20)12-19(23)22-11-10-14-4-2-3-5-18(14)22/h2-9,13H,10-12H2,1H3. The van der Waals surface area contributed by atoms with Crippen LogP contribution in [0.3, 0.4) is 0 Å². The summed E-state index contributed by atoms with van der Waals surface area (Å²) >= 11 is 1.56. The number of aromatic nitrogens is 1. The number of para-hydroxylation sites is 1. The van der Waals surface area contributed by atoms with Crippen LogP contribution in [-0.4, -0.2) is 24.5 Å². The molecule has 0 radical (unpaired) electrons. The average Bonchev–Trinajstić information content (AvgIpc) is 3.28. The number of hydrogen-bond acceptors (Lipinski definition) is 4. The van der Waals surface area contributed by atoms with Crippen molar-refractivity contribution in [2.24, 2.45) is 0 Å². The fraction of sp³-hybridized carbons (Fsp3) is 0.200. The lowest BCUT2D eigenvalue weighted by molar-refractivity contribution is -0.117. The Morgan fingerprint density at radius 1 is 1.20 bits per heavy atom. The third-order valence-electron chi connectivity index (χ3n) is 4.41. The Morgan fingerprint density at radius 2 is 2.00 bits per heavy atom. The van der Waals surface area contributed by atoms with E-state index in [1.807, 2.05) is 52.7 Å². The summed E-state index contributed by atoms with van der Waals surface area (Å²) in [5.41, 5.74) is 4.15. The first-order valence-corrected chi connectivity index (χ1v) is 9.09. The fourth-order valence-corrected chi connectivity index (χ4v) is 3.93. The minimum absolute atomic E-state index is 0.108. The van der Waals surface area contributed by atoms with Crippen molar-refractivity contribution >= 4 is 22.9 Å². The second-order valence-electron chi connectivity index (χ2n) is 5.97. The average molecular weight is 350 g/mol. The molecule has 1 aromatic heterocycles. The largest absolute Gasteiger partial charge is 0.497 e. The van der Waals surface area contributed by atoms with Crippen molar-refractivity contribution in [1.82, 2.24) is 4.98 Å². The zero-order chi connectivity index (χ0) is 17.2. The van der Waals surface area contributed by atoms with Crippen molar-refractivity contribution < 1.29 is 9.53 Å². The molecule has 4 nitrogen and oxygen atoms in total. The van der Waals surface area contributed by atoms with Crippen LogP contribution in [-0.2, 0) is 17.6 Å². The maximum atomic E-state index is 12.7. The normalized spacial score (nSPS) is 12.9. The van der Waals surface area contributed by atoms with Gasteiger partial charge in [-0.1, -0.05) is 18.2 Å². The number of anilines is 1. The summed E-state index contributed by atoms with van der Waals surface area (Å²) in [6.45, 7) is 0.758. The summed E-state index contributed by atoms with van der Waals surface area (Å²) in [7, 11) is 1.65. The number of rotatable bonds is 4. The summed E-state index contributed by atoms with van der Waals surface area (Å²) in [6.07, 6.45) is 1.26. The molecule has 1 aliphatic rings. The molecule has 126 valence electrons. The van der Waals surface area contributed by atoms with Gasteiger partial charge in [-0.15, -0.1) is 11.3 Å². The van der Waals surface area contributed by atoms with Crippen molar-refractivity contribution in [1.29, 1.82) is 0 Å². The van der Waals surface area contributed by atoms with E-state index in [0.717, 1.165) is 40.7 Å². The number of thiazole rings is 1. The van der Waals surface area contributed by atoms with Crippen molar-refractivity contribution in [3.8, 4) is 16.3 Å². The van der Waals surface area contributed by atoms with Gasteiger partial charge in [0.15, 0.2) is 0 Å². The van der Waals surface area contributed by atoms with E-state index in [1.54, 1.807) is 18.4 Å². The molecule has 4 rings (SSSR count). The molecule has 0 unspecified atom stereocenters. The van der Waals surface area contributed by atoms with E-state index >= 15 is 0 Å². The summed E-state index contributed by atoms with van der Waals surface area (Å²) in [6, 6.07) is 15.9. The van der Waals surface area contributed by atoms with Gasteiger partial charge in [0.1, 0.15) is 10.8 Å². The van der Waals surface area contributed by atoms with Crippen LogP contribution in [0.2, 0.25) is 0 Å². The molecule has 0 bridgehead atoms. The van der Waals surface area contributed by atoms with Gasteiger partial charge in [0.05, 0.1) is 19.2 Å². The van der Waals surface area contributed by atoms with Crippen molar-refractivity contribution in [2.75, 3.05) is 18.6 Å². The highest BCUT2D eigenvalue weighted by atomic mass is 32.1. The Hall–Kier alpha value is -2.66. The lowest BCUT2D eigenvalue weighted by Crippen LogP contribution is -2.30. The highest BCUT2D eigenvalue weighted by Crippen LogP contribution is 2.29. The van der Waals surface area contributed by atoms with Crippen molar-refractivity contribution in [3.63, 3.8) is 0 Å². The van der Waals surface area contributed by atoms with Crippen LogP contribution in [0.15, 0.2) is 53.9 Å². The van der Waals surface area contributed by atoms with E-state index < -0.39 is 0 Å². The molecule has 5 heteroatoms. The molecule has 2 heterocycles. The molecular weight excluding hydrogens is 332 g/mol. The van der Waals surface area contributed by atoms with Crippen molar-refractivity contribution in [3.05, 3.63) is 65.2 Å². The molecule has 0 saturated carbocycles. The first kappa shape index (κ1) is 15.8. The molecular formula is C20H18N2O2S. The second-order valence-corrected chi connectivity index (χ2v) is 6.83. The molecule has 25 heavy (non-hydrogen) atoms. The summed E-state index contributed by atoms with van der Waals surface area (Å²) in [5, 5.41) is 2.90. The van der Waals surface area contributed by atoms with Crippen LogP contribution < -0.4 is 9.64 Å². The second kappa shape index (κ2) is 6.69. The molecule has 0 N–H and O–H groups in total. The predicted molar refractivity (Wildman–Crippen MR) is 100 cm³/mol. The number of carbonyl (C=O) groups excluding carboxylic acids is 1. The summed E-state index contributed by atoms with van der Waals surface area (Å²) < 4.78 is 5.18. The number of benzene rings is 2. The molecule has 0 spiro atoms. The van der Waals surface area contributed by atoms with Crippen LogP contribution in [0, 0.1) is 0 Å². The van der Waals surface area contributed by atoms with Crippen LogP contribution in [0.25, 0.3) is 10.6 Å². The zero-order valence-corrected chi connectivity index (χ0v) is 14.8. The number of fused-ring (bicyclic) bond motifs is 1. The van der Waals surface area contributed by atoms with Crippen LogP contribution in [0.1, 0.15) is 11.3 Å². The number of amides is 1. The number of methoxy groups -OCH3 is 1. The van der Waals surface area contributed by atoms with Gasteiger partial charge >= 0.3 is 0 Å². The lowest BCUT2D eigenvalue weighted by Gasteiger charge is -2.16. The maximum absolute atomic E-state index is 12.7. The maximum Gasteiger partial charge on any atom is 0.233 e. The number of carbonyl (C=O) groups is 1. The molecule has 3 aromatic rings. The molecule has 0 atom stereocenters. The van der Waals surface area contributed by atoms with Gasteiger partial charge in [0.25, 0.3) is 0 Å². The molecule has 1 aliphatic heterocycles. The smallest absolute Gasteiger partial charge is 0.233 e. The highest BCUT2D eigenvalue weighted by Gasteiger charge is 2.24. The topological polar surface area (TPSA) is 42.4 Å². The van der Waals surface area contributed by atoms with Gasteiger partial charge in [-0.2, -0.15) is 0 Å². The Bertz CT molecular complexity index is 902. The van der Waals surface area contributed by atoms with E-state index in [4.69, 9.17) is 4.74 Å². The zero-order valence-electron chi connectivity index (χ0n) is 13.9. The van der Waals surface area contributed by atoms with Gasteiger partial charge in [-0.3, -0.25) is 4.79 Å². The van der Waals surface area contributed by atoms with Gasteiger partial charge in [-0.25, -0.2) is 4.98 Å². The third-order valence-corrected chi connectivity index (χ3v) is 5.35. The predicted octanol–water partition coefficient (Wildman–Crippen LogP) is 3.95. The van der Waals surface area contributed by atoms with Crippen LogP contribution in [0.5, 0.6) is 5.75 Å². The Labute approximate surface area is 150 Å². The third kappa shape index (κ3) is 3.15. The number of hydrogen-bond donors (Lipinski definition) is 0. The van der Waals surface area contributed by atoms with E-state index in [-0.39, 0.29) is 5.91 Å². The van der Waals surface area contributed by atoms with Gasteiger partial charge in [-0.05, 0) is 42.3 Å². The highest BCUT2D eigenvalue weighted by molar-refractivity contribution is 7.13. The fourth-order valence-electron chi connectivity index (χ4n) is 3.10. The molecule has 0 fully saturated rings. The Kier molecular flexibility index (Phi) is 4.24. The van der Waals surface area contributed by atoms with E-state index in [9.17, 15) is 4.79 Å². The first-order valence-electron chi connectivity index (χ1n) is 8.22. The van der Waals surface area contributed by atoms with Crippen molar-refractivity contribution in [2.45, 2.75) is 12.8 Å². The minimum atomic E-state index is 0.108. The van der Waals surface area contributed by atoms with Crippen LogP contribution >= 0.6 is 11.3 Å². The Balaban J connectivity index is 1.48. The minimum Gasteiger partial charge on any atom is -0.497 e. The molecule has 0 saturated heterocycles. The van der Waals surface area contributed by atoms with Crippen LogP contribution in [0.4, 0.5) is 5.69 Å². The van der Waals surface area contributed by atoms with E-state index in [2.05, 4.69) is 11.1 Å². The number of ether oxygens (including phenoxy) is 1.